The topological polar surface area (TPSA) is 38.3 Å². The largest absolute Gasteiger partial charge is 0.465 e. The lowest BCUT2D eigenvalue weighted by atomic mass is 9.97. The van der Waals surface area contributed by atoms with E-state index in [1.807, 2.05) is 6.92 Å². The normalized spacial score (nSPS) is 13.3. The van der Waals surface area contributed by atoms with Crippen LogP contribution in [0.5, 0.6) is 0 Å². The second-order valence-corrected chi connectivity index (χ2v) is 3.91. The van der Waals surface area contributed by atoms with Gasteiger partial charge in [-0.15, -0.1) is 0 Å². The first-order valence-electron chi connectivity index (χ1n) is 5.10. The molecule has 0 aliphatic carbocycles. The Balaban J connectivity index is 2.64. The van der Waals surface area contributed by atoms with Gasteiger partial charge in [0.15, 0.2) is 0 Å². The van der Waals surface area contributed by atoms with E-state index in [9.17, 15) is 4.79 Å². The Hall–Kier alpha value is -1.51. The van der Waals surface area contributed by atoms with E-state index in [4.69, 9.17) is 4.74 Å². The predicted molar refractivity (Wildman–Crippen MR) is 59.4 cm³/mol. The quantitative estimate of drug-likeness (QED) is 0.713. The molecule has 3 nitrogen and oxygen atoms in total. The summed E-state index contributed by atoms with van der Waals surface area (Å²) in [6.07, 6.45) is 0.992. The molecule has 0 amide bonds. The van der Waals surface area contributed by atoms with Gasteiger partial charge in [0, 0.05) is 6.54 Å². The molecule has 0 bridgehead atoms. The highest BCUT2D eigenvalue weighted by Gasteiger charge is 2.23. The van der Waals surface area contributed by atoms with E-state index < -0.39 is 0 Å². The molecule has 0 saturated heterocycles. The number of methoxy groups -OCH3 is 1. The summed E-state index contributed by atoms with van der Waals surface area (Å²) in [6.45, 7) is 4.93. The van der Waals surface area contributed by atoms with Crippen molar-refractivity contribution in [2.75, 3.05) is 19.0 Å². The van der Waals surface area contributed by atoms with Gasteiger partial charge in [-0.1, -0.05) is 6.07 Å². The highest BCUT2D eigenvalue weighted by atomic mass is 16.5. The molecule has 0 saturated carbocycles. The van der Waals surface area contributed by atoms with Crippen molar-refractivity contribution >= 4 is 11.7 Å². The number of benzene rings is 1. The first-order chi connectivity index (χ1) is 7.15. The van der Waals surface area contributed by atoms with Crippen LogP contribution in [0.2, 0.25) is 0 Å². The zero-order valence-corrected chi connectivity index (χ0v) is 9.31. The lowest BCUT2D eigenvalue weighted by molar-refractivity contribution is 0.0601. The summed E-state index contributed by atoms with van der Waals surface area (Å²) in [7, 11) is 1.42. The summed E-state index contributed by atoms with van der Waals surface area (Å²) in [4.78, 5) is 11.6. The molecule has 3 heteroatoms. The summed E-state index contributed by atoms with van der Waals surface area (Å²) in [5, 5.41) is 3.26. The van der Waals surface area contributed by atoms with E-state index in [0.29, 0.717) is 5.56 Å². The number of esters is 1. The molecule has 1 heterocycles. The lowest BCUT2D eigenvalue weighted by Crippen LogP contribution is -2.08. The minimum Gasteiger partial charge on any atom is -0.465 e. The summed E-state index contributed by atoms with van der Waals surface area (Å²) in [6, 6.07) is 2.05. The molecule has 0 radical (unpaired) electrons. The molecular weight excluding hydrogens is 190 g/mol. The molecule has 0 unspecified atom stereocenters. The third-order valence-electron chi connectivity index (χ3n) is 2.92. The van der Waals surface area contributed by atoms with Crippen LogP contribution in [0, 0.1) is 13.8 Å². The minimum atomic E-state index is -0.252. The van der Waals surface area contributed by atoms with Crippen LogP contribution in [0.1, 0.15) is 27.0 Å². The summed E-state index contributed by atoms with van der Waals surface area (Å²) < 4.78 is 4.80. The molecule has 0 aromatic heterocycles. The maximum absolute atomic E-state index is 11.6. The van der Waals surface area contributed by atoms with Crippen molar-refractivity contribution < 1.29 is 9.53 Å². The molecule has 0 spiro atoms. The molecule has 80 valence electrons. The highest BCUT2D eigenvalue weighted by Crippen LogP contribution is 2.32. The van der Waals surface area contributed by atoms with Crippen LogP contribution in [0.25, 0.3) is 0 Å². The molecule has 2 rings (SSSR count). The van der Waals surface area contributed by atoms with Crippen LogP contribution in [0.3, 0.4) is 0 Å². The van der Waals surface area contributed by atoms with Gasteiger partial charge in [-0.05, 0) is 37.0 Å². The Morgan fingerprint density at radius 2 is 2.13 bits per heavy atom. The van der Waals surface area contributed by atoms with Gasteiger partial charge in [-0.3, -0.25) is 0 Å². The number of aryl methyl sites for hydroxylation is 2. The number of hydrogen-bond acceptors (Lipinski definition) is 3. The molecule has 1 aromatic rings. The minimum absolute atomic E-state index is 0.252. The van der Waals surface area contributed by atoms with Crippen LogP contribution >= 0.6 is 0 Å². The van der Waals surface area contributed by atoms with E-state index in [1.54, 1.807) is 0 Å². The maximum Gasteiger partial charge on any atom is 0.340 e. The fourth-order valence-corrected chi connectivity index (χ4v) is 2.22. The first kappa shape index (κ1) is 10.0. The number of fused-ring (bicyclic) bond motifs is 1. The van der Waals surface area contributed by atoms with Crippen LogP contribution < -0.4 is 5.32 Å². The second-order valence-electron chi connectivity index (χ2n) is 3.91. The zero-order valence-electron chi connectivity index (χ0n) is 9.31. The molecule has 0 atom stereocenters. The van der Waals surface area contributed by atoms with Gasteiger partial charge in [0.2, 0.25) is 0 Å². The van der Waals surface area contributed by atoms with Crippen LogP contribution in [0.15, 0.2) is 6.07 Å². The van der Waals surface area contributed by atoms with Gasteiger partial charge in [0.25, 0.3) is 0 Å². The third kappa shape index (κ3) is 1.48. The van der Waals surface area contributed by atoms with E-state index in [2.05, 4.69) is 18.3 Å². The molecule has 1 aliphatic heterocycles. The number of rotatable bonds is 1. The van der Waals surface area contributed by atoms with Gasteiger partial charge >= 0.3 is 5.97 Å². The van der Waals surface area contributed by atoms with Crippen molar-refractivity contribution in [1.29, 1.82) is 0 Å². The van der Waals surface area contributed by atoms with Crippen molar-refractivity contribution in [3.05, 3.63) is 28.3 Å². The number of anilines is 1. The van der Waals surface area contributed by atoms with Crippen molar-refractivity contribution in [3.8, 4) is 0 Å². The maximum atomic E-state index is 11.6. The Morgan fingerprint density at radius 1 is 1.40 bits per heavy atom. The number of nitrogens with one attached hydrogen (secondary N) is 1. The van der Waals surface area contributed by atoms with Crippen LogP contribution in [-0.2, 0) is 11.2 Å². The highest BCUT2D eigenvalue weighted by molar-refractivity contribution is 5.98. The van der Waals surface area contributed by atoms with Crippen molar-refractivity contribution in [1.82, 2.24) is 0 Å². The standard InChI is InChI=1S/C12H15NO2/c1-7-6-8(2)10(12(14)15-3)11-9(7)4-5-13-11/h6,13H,4-5H2,1-3H3. The Labute approximate surface area is 89.4 Å². The smallest absolute Gasteiger partial charge is 0.340 e. The lowest BCUT2D eigenvalue weighted by Gasteiger charge is -2.12. The monoisotopic (exact) mass is 205 g/mol. The predicted octanol–water partition coefficient (Wildman–Crippen LogP) is 2.06. The summed E-state index contributed by atoms with van der Waals surface area (Å²) in [5.41, 5.74) is 5.14. The van der Waals surface area contributed by atoms with Gasteiger partial charge in [0.05, 0.1) is 18.4 Å². The second kappa shape index (κ2) is 3.57. The summed E-state index contributed by atoms with van der Waals surface area (Å²) >= 11 is 0. The van der Waals surface area contributed by atoms with Crippen molar-refractivity contribution in [3.63, 3.8) is 0 Å². The molecular formula is C12H15NO2. The summed E-state index contributed by atoms with van der Waals surface area (Å²) in [5.74, 6) is -0.252. The van der Waals surface area contributed by atoms with E-state index >= 15 is 0 Å². The fourth-order valence-electron chi connectivity index (χ4n) is 2.22. The van der Waals surface area contributed by atoms with Gasteiger partial charge in [-0.25, -0.2) is 4.79 Å². The van der Waals surface area contributed by atoms with Crippen molar-refractivity contribution in [2.24, 2.45) is 0 Å². The molecule has 1 aliphatic rings. The van der Waals surface area contributed by atoms with E-state index in [-0.39, 0.29) is 5.97 Å². The zero-order chi connectivity index (χ0) is 11.0. The SMILES string of the molecule is COC(=O)c1c(C)cc(C)c2c1NCC2. The third-order valence-corrected chi connectivity index (χ3v) is 2.92. The van der Waals surface area contributed by atoms with E-state index in [1.165, 1.54) is 18.2 Å². The number of hydrogen-bond donors (Lipinski definition) is 1. The molecule has 1 N–H and O–H groups in total. The number of carbonyl (C=O) groups excluding carboxylic acids is 1. The van der Waals surface area contributed by atoms with E-state index in [0.717, 1.165) is 24.2 Å². The number of carbonyl (C=O) groups is 1. The first-order valence-corrected chi connectivity index (χ1v) is 5.10. The average Bonchev–Trinajstić information content (AvgIpc) is 2.66. The van der Waals surface area contributed by atoms with Crippen molar-refractivity contribution in [2.45, 2.75) is 20.3 Å². The Kier molecular flexibility index (Phi) is 2.39. The molecule has 15 heavy (non-hydrogen) atoms. The van der Waals surface area contributed by atoms with Gasteiger partial charge in [0.1, 0.15) is 0 Å². The van der Waals surface area contributed by atoms with Gasteiger partial charge < -0.3 is 10.1 Å². The molecule has 0 fully saturated rings. The number of ether oxygens (including phenoxy) is 1. The van der Waals surface area contributed by atoms with Gasteiger partial charge in [-0.2, -0.15) is 0 Å². The Bertz CT molecular complexity index is 424. The molecule has 1 aromatic carbocycles. The fraction of sp³-hybridized carbons (Fsp3) is 0.417. The van der Waals surface area contributed by atoms with Crippen LogP contribution in [-0.4, -0.2) is 19.6 Å². The van der Waals surface area contributed by atoms with Crippen LogP contribution in [0.4, 0.5) is 5.69 Å². The Morgan fingerprint density at radius 3 is 2.80 bits per heavy atom. The average molecular weight is 205 g/mol.